The van der Waals surface area contributed by atoms with Crippen molar-refractivity contribution in [2.24, 2.45) is 0 Å². The minimum atomic E-state index is -3.76. The lowest BCUT2D eigenvalue weighted by Gasteiger charge is -2.18. The fourth-order valence-corrected chi connectivity index (χ4v) is 4.34. The number of anilines is 2. The third-order valence-electron chi connectivity index (χ3n) is 4.44. The maximum atomic E-state index is 12.8. The molecule has 1 atom stereocenters. The maximum absolute atomic E-state index is 12.8. The van der Waals surface area contributed by atoms with E-state index >= 15 is 0 Å². The Hall–Kier alpha value is -3.24. The highest BCUT2D eigenvalue weighted by molar-refractivity contribution is 7.98. The normalized spacial score (nSPS) is 12.0. The Balaban J connectivity index is 1.66. The van der Waals surface area contributed by atoms with E-state index in [1.165, 1.54) is 36.6 Å². The van der Waals surface area contributed by atoms with Crippen LogP contribution in [0.5, 0.6) is 0 Å². The van der Waals surface area contributed by atoms with Crippen LogP contribution < -0.4 is 15.4 Å². The van der Waals surface area contributed by atoms with Crippen LogP contribution in [-0.4, -0.2) is 38.3 Å². The van der Waals surface area contributed by atoms with Gasteiger partial charge in [0.15, 0.2) is 5.76 Å². The van der Waals surface area contributed by atoms with Gasteiger partial charge in [-0.15, -0.1) is 0 Å². The smallest absolute Gasteiger partial charge is 0.287 e. The van der Waals surface area contributed by atoms with E-state index in [0.29, 0.717) is 23.5 Å². The second-order valence-electron chi connectivity index (χ2n) is 6.77. The first-order valence-corrected chi connectivity index (χ1v) is 12.6. The summed E-state index contributed by atoms with van der Waals surface area (Å²) in [5, 5.41) is 5.39. The van der Waals surface area contributed by atoms with Crippen LogP contribution in [0.3, 0.4) is 0 Å². The predicted molar refractivity (Wildman–Crippen MR) is 125 cm³/mol. The molecule has 0 radical (unpaired) electrons. The number of rotatable bonds is 10. The summed E-state index contributed by atoms with van der Waals surface area (Å²) < 4.78 is 32.6. The summed E-state index contributed by atoms with van der Waals surface area (Å²) in [6, 6.07) is 16.7. The zero-order valence-corrected chi connectivity index (χ0v) is 18.9. The van der Waals surface area contributed by atoms with E-state index in [0.717, 1.165) is 0 Å². The zero-order chi connectivity index (χ0) is 23.0. The summed E-state index contributed by atoms with van der Waals surface area (Å²) in [5.74, 6) is -0.104. The molecule has 1 heterocycles. The van der Waals surface area contributed by atoms with Crippen LogP contribution >= 0.6 is 11.8 Å². The average Bonchev–Trinajstić information content (AvgIpc) is 3.32. The molecule has 0 spiro atoms. The van der Waals surface area contributed by atoms with Gasteiger partial charge in [-0.25, -0.2) is 8.42 Å². The number of carbonyl (C=O) groups excluding carboxylic acids is 2. The molecular formula is C22H23N3O5S2. The van der Waals surface area contributed by atoms with Crippen LogP contribution in [-0.2, 0) is 14.8 Å². The lowest BCUT2D eigenvalue weighted by atomic mass is 10.2. The number of benzene rings is 2. The van der Waals surface area contributed by atoms with Gasteiger partial charge in [0.1, 0.15) is 6.04 Å². The highest BCUT2D eigenvalue weighted by Gasteiger charge is 2.23. The number of amides is 2. The Bertz CT molecular complexity index is 1130. The molecular weight excluding hydrogens is 450 g/mol. The third-order valence-corrected chi connectivity index (χ3v) is 6.48. The van der Waals surface area contributed by atoms with E-state index in [1.807, 2.05) is 6.26 Å². The quantitative estimate of drug-likeness (QED) is 0.414. The van der Waals surface area contributed by atoms with Gasteiger partial charge in [-0.2, -0.15) is 11.8 Å². The summed E-state index contributed by atoms with van der Waals surface area (Å²) in [6.07, 6.45) is 3.72. The predicted octanol–water partition coefficient (Wildman–Crippen LogP) is 3.57. The van der Waals surface area contributed by atoms with Crippen molar-refractivity contribution in [2.45, 2.75) is 17.4 Å². The molecule has 0 saturated carbocycles. The van der Waals surface area contributed by atoms with Crippen molar-refractivity contribution in [2.75, 3.05) is 22.0 Å². The van der Waals surface area contributed by atoms with Crippen LogP contribution in [0.25, 0.3) is 0 Å². The average molecular weight is 474 g/mol. The molecule has 1 unspecified atom stereocenters. The third kappa shape index (κ3) is 6.38. The molecule has 10 heteroatoms. The molecule has 3 N–H and O–H groups in total. The van der Waals surface area contributed by atoms with Gasteiger partial charge in [0.25, 0.3) is 15.9 Å². The molecule has 2 aromatic carbocycles. The summed E-state index contributed by atoms with van der Waals surface area (Å²) in [6.45, 7) is 0. The van der Waals surface area contributed by atoms with Crippen molar-refractivity contribution in [3.8, 4) is 0 Å². The number of thioether (sulfide) groups is 1. The lowest BCUT2D eigenvalue weighted by molar-refractivity contribution is -0.118. The van der Waals surface area contributed by atoms with Crippen LogP contribution in [0.1, 0.15) is 17.0 Å². The van der Waals surface area contributed by atoms with Gasteiger partial charge in [0, 0.05) is 11.4 Å². The summed E-state index contributed by atoms with van der Waals surface area (Å²) in [5.41, 5.74) is 0.865. The van der Waals surface area contributed by atoms with E-state index in [9.17, 15) is 18.0 Å². The van der Waals surface area contributed by atoms with E-state index in [1.54, 1.807) is 48.2 Å². The SMILES string of the molecule is CSCCC(NC(=O)c1ccco1)C(=O)Nc1ccc(S(=O)(=O)Nc2ccccc2)cc1. The molecule has 1 aromatic heterocycles. The zero-order valence-electron chi connectivity index (χ0n) is 17.3. The number of hydrogen-bond acceptors (Lipinski definition) is 6. The number of carbonyl (C=O) groups is 2. The molecule has 3 rings (SSSR count). The monoisotopic (exact) mass is 473 g/mol. The molecule has 32 heavy (non-hydrogen) atoms. The van der Waals surface area contributed by atoms with E-state index in [2.05, 4.69) is 15.4 Å². The number of hydrogen-bond donors (Lipinski definition) is 3. The number of furan rings is 1. The van der Waals surface area contributed by atoms with E-state index < -0.39 is 27.9 Å². The van der Waals surface area contributed by atoms with Crippen molar-refractivity contribution in [3.63, 3.8) is 0 Å². The molecule has 8 nitrogen and oxygen atoms in total. The molecule has 0 saturated heterocycles. The molecule has 0 bridgehead atoms. The topological polar surface area (TPSA) is 118 Å². The first-order valence-electron chi connectivity index (χ1n) is 9.71. The first-order chi connectivity index (χ1) is 15.4. The summed E-state index contributed by atoms with van der Waals surface area (Å²) in [4.78, 5) is 25.1. The lowest BCUT2D eigenvalue weighted by Crippen LogP contribution is -2.44. The second kappa shape index (κ2) is 10.9. The molecule has 168 valence electrons. The molecule has 0 aliphatic heterocycles. The Morgan fingerprint density at radius 3 is 2.31 bits per heavy atom. The van der Waals surface area contributed by atoms with Gasteiger partial charge < -0.3 is 15.1 Å². The number of nitrogens with one attached hydrogen (secondary N) is 3. The molecule has 3 aromatic rings. The fourth-order valence-electron chi connectivity index (χ4n) is 2.81. The summed E-state index contributed by atoms with van der Waals surface area (Å²) >= 11 is 1.56. The molecule has 0 aliphatic carbocycles. The number of sulfonamides is 1. The second-order valence-corrected chi connectivity index (χ2v) is 9.44. The molecule has 0 fully saturated rings. The van der Waals surface area contributed by atoms with Crippen LogP contribution in [0.15, 0.2) is 82.3 Å². The van der Waals surface area contributed by atoms with Crippen molar-refractivity contribution < 1.29 is 22.4 Å². The number of para-hydroxylation sites is 1. The van der Waals surface area contributed by atoms with Gasteiger partial charge in [-0.1, -0.05) is 18.2 Å². The highest BCUT2D eigenvalue weighted by atomic mass is 32.2. The van der Waals surface area contributed by atoms with Gasteiger partial charge in [0.05, 0.1) is 11.2 Å². The van der Waals surface area contributed by atoms with Crippen molar-refractivity contribution in [3.05, 3.63) is 78.8 Å². The van der Waals surface area contributed by atoms with Crippen molar-refractivity contribution in [1.29, 1.82) is 0 Å². The Kier molecular flexibility index (Phi) is 7.96. The highest BCUT2D eigenvalue weighted by Crippen LogP contribution is 2.18. The first kappa shape index (κ1) is 23.4. The van der Waals surface area contributed by atoms with E-state index in [4.69, 9.17) is 4.42 Å². The molecule has 2 amide bonds. The largest absolute Gasteiger partial charge is 0.459 e. The molecule has 0 aliphatic rings. The minimum Gasteiger partial charge on any atom is -0.459 e. The van der Waals surface area contributed by atoms with Gasteiger partial charge in [-0.05, 0) is 67.0 Å². The fraction of sp³-hybridized carbons (Fsp3) is 0.182. The van der Waals surface area contributed by atoms with Crippen LogP contribution in [0, 0.1) is 0 Å². The Morgan fingerprint density at radius 1 is 0.969 bits per heavy atom. The van der Waals surface area contributed by atoms with Crippen LogP contribution in [0.2, 0.25) is 0 Å². The Labute approximate surface area is 190 Å². The summed E-state index contributed by atoms with van der Waals surface area (Å²) in [7, 11) is -3.76. The van der Waals surface area contributed by atoms with Crippen molar-refractivity contribution >= 4 is 45.0 Å². The van der Waals surface area contributed by atoms with Gasteiger partial charge in [0.2, 0.25) is 5.91 Å². The standard InChI is InChI=1S/C22H23N3O5S2/c1-31-15-13-19(24-22(27)20-8-5-14-30-20)21(26)23-16-9-11-18(12-10-16)32(28,29)25-17-6-3-2-4-7-17/h2-12,14,19,25H,13,15H2,1H3,(H,23,26)(H,24,27). The maximum Gasteiger partial charge on any atom is 0.287 e. The van der Waals surface area contributed by atoms with E-state index in [-0.39, 0.29) is 10.7 Å². The van der Waals surface area contributed by atoms with Crippen molar-refractivity contribution in [1.82, 2.24) is 5.32 Å². The van der Waals surface area contributed by atoms with Gasteiger partial charge >= 0.3 is 0 Å². The van der Waals surface area contributed by atoms with Crippen LogP contribution in [0.4, 0.5) is 11.4 Å². The van der Waals surface area contributed by atoms with Gasteiger partial charge in [-0.3, -0.25) is 14.3 Å². The minimum absolute atomic E-state index is 0.0596. The Morgan fingerprint density at radius 2 is 1.69 bits per heavy atom.